The zero-order valence-corrected chi connectivity index (χ0v) is 12.2. The number of aliphatic hydroxyl groups excluding tert-OH is 1. The summed E-state index contributed by atoms with van der Waals surface area (Å²) in [6.07, 6.45) is 5.49. The Labute approximate surface area is 123 Å². The van der Waals surface area contributed by atoms with E-state index in [-0.39, 0.29) is 12.5 Å². The van der Waals surface area contributed by atoms with Gasteiger partial charge in [-0.15, -0.1) is 0 Å². The number of fused-ring (bicyclic) bond motifs is 1. The number of aromatic amines is 1. The number of hydrogen-bond acceptors (Lipinski definition) is 3. The van der Waals surface area contributed by atoms with Crippen LogP contribution in [-0.2, 0) is 0 Å². The molecule has 0 bridgehead atoms. The van der Waals surface area contributed by atoms with Crippen LogP contribution in [0.5, 0.6) is 0 Å². The van der Waals surface area contributed by atoms with Gasteiger partial charge in [0.15, 0.2) is 0 Å². The van der Waals surface area contributed by atoms with Crippen LogP contribution >= 0.6 is 0 Å². The van der Waals surface area contributed by atoms with Crippen molar-refractivity contribution in [3.8, 4) is 0 Å². The minimum atomic E-state index is -0.466. The van der Waals surface area contributed by atoms with E-state index in [0.717, 1.165) is 36.6 Å². The van der Waals surface area contributed by atoms with Crippen LogP contribution in [0.2, 0.25) is 0 Å². The van der Waals surface area contributed by atoms with Crippen LogP contribution in [0, 0.1) is 5.92 Å². The molecule has 0 unspecified atom stereocenters. The number of nitrogens with zero attached hydrogens (tertiary/aromatic N) is 1. The second-order valence-electron chi connectivity index (χ2n) is 6.25. The Morgan fingerprint density at radius 3 is 2.95 bits per heavy atom. The number of amides is 1. The molecule has 0 atom stereocenters. The summed E-state index contributed by atoms with van der Waals surface area (Å²) in [6.45, 7) is 2.22. The monoisotopic (exact) mass is 287 g/mol. The molecule has 2 aromatic rings. The molecular weight excluding hydrogens is 266 g/mol. The van der Waals surface area contributed by atoms with Gasteiger partial charge in [0.1, 0.15) is 0 Å². The maximum absolute atomic E-state index is 12.5. The third-order valence-corrected chi connectivity index (χ3v) is 4.62. The lowest BCUT2D eigenvalue weighted by Crippen LogP contribution is -2.53. The van der Waals surface area contributed by atoms with E-state index in [4.69, 9.17) is 0 Å². The summed E-state index contributed by atoms with van der Waals surface area (Å²) in [7, 11) is 0. The third kappa shape index (κ3) is 2.78. The highest BCUT2D eigenvalue weighted by Gasteiger charge is 2.35. The number of nitrogens with one attached hydrogen (secondary N) is 2. The van der Waals surface area contributed by atoms with Gasteiger partial charge in [-0.3, -0.25) is 9.89 Å². The largest absolute Gasteiger partial charge is 0.394 e. The lowest BCUT2D eigenvalue weighted by Gasteiger charge is -2.38. The maximum Gasteiger partial charge on any atom is 0.251 e. The molecule has 0 aliphatic heterocycles. The second kappa shape index (κ2) is 5.48. The molecule has 21 heavy (non-hydrogen) atoms. The molecule has 3 rings (SSSR count). The van der Waals surface area contributed by atoms with E-state index in [0.29, 0.717) is 11.5 Å². The molecule has 0 spiro atoms. The van der Waals surface area contributed by atoms with Crippen LogP contribution in [0.3, 0.4) is 0 Å². The lowest BCUT2D eigenvalue weighted by molar-refractivity contribution is 0.0717. The summed E-state index contributed by atoms with van der Waals surface area (Å²) in [6, 6.07) is 5.47. The van der Waals surface area contributed by atoms with Crippen molar-refractivity contribution in [2.45, 2.75) is 38.1 Å². The van der Waals surface area contributed by atoms with Crippen molar-refractivity contribution < 1.29 is 9.90 Å². The highest BCUT2D eigenvalue weighted by atomic mass is 16.3. The van der Waals surface area contributed by atoms with E-state index >= 15 is 0 Å². The van der Waals surface area contributed by atoms with Gasteiger partial charge >= 0.3 is 0 Å². The number of H-pyrrole nitrogens is 1. The Morgan fingerprint density at radius 2 is 2.24 bits per heavy atom. The first-order valence-electron chi connectivity index (χ1n) is 7.48. The van der Waals surface area contributed by atoms with Crippen LogP contribution in [0.1, 0.15) is 43.0 Å². The fourth-order valence-electron chi connectivity index (χ4n) is 3.03. The summed E-state index contributed by atoms with van der Waals surface area (Å²) in [4.78, 5) is 12.5. The molecule has 1 aliphatic carbocycles. The van der Waals surface area contributed by atoms with E-state index in [1.165, 1.54) is 0 Å². The second-order valence-corrected chi connectivity index (χ2v) is 6.25. The number of carbonyl (C=O) groups is 1. The quantitative estimate of drug-likeness (QED) is 0.810. The normalized spacial score (nSPS) is 25.9. The van der Waals surface area contributed by atoms with Gasteiger partial charge in [0.25, 0.3) is 5.91 Å². The van der Waals surface area contributed by atoms with Crippen molar-refractivity contribution in [3.05, 3.63) is 30.0 Å². The van der Waals surface area contributed by atoms with Gasteiger partial charge in [-0.05, 0) is 43.7 Å². The lowest BCUT2D eigenvalue weighted by atomic mass is 9.77. The predicted octanol–water partition coefficient (Wildman–Crippen LogP) is 2.23. The zero-order chi connectivity index (χ0) is 14.9. The molecule has 1 aromatic heterocycles. The van der Waals surface area contributed by atoms with Gasteiger partial charge in [-0.25, -0.2) is 0 Å². The van der Waals surface area contributed by atoms with Crippen molar-refractivity contribution in [2.75, 3.05) is 6.61 Å². The minimum absolute atomic E-state index is 0.00222. The number of aromatic nitrogens is 2. The fraction of sp³-hybridized carbons (Fsp3) is 0.500. The van der Waals surface area contributed by atoms with E-state index in [9.17, 15) is 9.90 Å². The Morgan fingerprint density at radius 1 is 1.48 bits per heavy atom. The van der Waals surface area contributed by atoms with E-state index in [2.05, 4.69) is 22.4 Å². The SMILES string of the molecule is CC1CCC(CO)(NC(=O)c2ccc3cn[nH]c3c2)CC1. The average molecular weight is 287 g/mol. The van der Waals surface area contributed by atoms with Crippen LogP contribution in [0.4, 0.5) is 0 Å². The molecule has 1 fully saturated rings. The number of aliphatic hydroxyl groups is 1. The average Bonchev–Trinajstić information content (AvgIpc) is 2.97. The summed E-state index contributed by atoms with van der Waals surface area (Å²) in [5, 5.41) is 20.6. The molecule has 0 radical (unpaired) electrons. The Bertz CT molecular complexity index is 642. The van der Waals surface area contributed by atoms with Crippen molar-refractivity contribution in [1.29, 1.82) is 0 Å². The van der Waals surface area contributed by atoms with E-state index in [1.54, 1.807) is 18.3 Å². The number of benzene rings is 1. The smallest absolute Gasteiger partial charge is 0.251 e. The Kier molecular flexibility index (Phi) is 3.68. The first-order chi connectivity index (χ1) is 10.1. The molecule has 1 aliphatic rings. The number of rotatable bonds is 3. The topological polar surface area (TPSA) is 78.0 Å². The Hall–Kier alpha value is -1.88. The van der Waals surface area contributed by atoms with Crippen LogP contribution < -0.4 is 5.32 Å². The van der Waals surface area contributed by atoms with Gasteiger partial charge in [0.2, 0.25) is 0 Å². The standard InChI is InChI=1S/C16H21N3O2/c1-11-4-6-16(10-20,7-5-11)18-15(21)12-2-3-13-9-17-19-14(13)8-12/h2-3,8-9,11,20H,4-7,10H2,1H3,(H,17,19)(H,18,21). The van der Waals surface area contributed by atoms with Gasteiger partial charge < -0.3 is 10.4 Å². The molecule has 3 N–H and O–H groups in total. The number of carbonyl (C=O) groups excluding carboxylic acids is 1. The van der Waals surface area contributed by atoms with Gasteiger partial charge in [-0.1, -0.05) is 13.0 Å². The molecule has 1 amide bonds. The van der Waals surface area contributed by atoms with E-state index < -0.39 is 5.54 Å². The highest BCUT2D eigenvalue weighted by Crippen LogP contribution is 2.31. The maximum atomic E-state index is 12.5. The summed E-state index contributed by atoms with van der Waals surface area (Å²) >= 11 is 0. The molecule has 0 saturated heterocycles. The van der Waals surface area contributed by atoms with Crippen molar-refractivity contribution >= 4 is 16.8 Å². The molecule has 1 saturated carbocycles. The van der Waals surface area contributed by atoms with E-state index in [1.807, 2.05) is 6.07 Å². The molecule has 1 heterocycles. The van der Waals surface area contributed by atoms with Crippen molar-refractivity contribution in [2.24, 2.45) is 5.92 Å². The molecule has 5 nitrogen and oxygen atoms in total. The molecule has 5 heteroatoms. The minimum Gasteiger partial charge on any atom is -0.394 e. The van der Waals surface area contributed by atoms with Gasteiger partial charge in [0, 0.05) is 10.9 Å². The summed E-state index contributed by atoms with van der Waals surface area (Å²) in [5.41, 5.74) is 0.975. The third-order valence-electron chi connectivity index (χ3n) is 4.62. The van der Waals surface area contributed by atoms with Crippen molar-refractivity contribution in [1.82, 2.24) is 15.5 Å². The highest BCUT2D eigenvalue weighted by molar-refractivity contribution is 5.98. The molecular formula is C16H21N3O2. The van der Waals surface area contributed by atoms with Gasteiger partial charge in [-0.2, -0.15) is 5.10 Å². The Balaban J connectivity index is 1.77. The summed E-state index contributed by atoms with van der Waals surface area (Å²) < 4.78 is 0. The number of hydrogen-bond donors (Lipinski definition) is 3. The molecule has 1 aromatic carbocycles. The first-order valence-corrected chi connectivity index (χ1v) is 7.48. The fourth-order valence-corrected chi connectivity index (χ4v) is 3.03. The van der Waals surface area contributed by atoms with Gasteiger partial charge in [0.05, 0.1) is 23.9 Å². The van der Waals surface area contributed by atoms with Crippen molar-refractivity contribution in [3.63, 3.8) is 0 Å². The summed E-state index contributed by atoms with van der Waals surface area (Å²) in [5.74, 6) is 0.540. The van der Waals surface area contributed by atoms with Crippen LogP contribution in [0.15, 0.2) is 24.4 Å². The molecule has 112 valence electrons. The first kappa shape index (κ1) is 14.1. The zero-order valence-electron chi connectivity index (χ0n) is 12.2. The van der Waals surface area contributed by atoms with Crippen LogP contribution in [0.25, 0.3) is 10.9 Å². The predicted molar refractivity (Wildman–Crippen MR) is 81.0 cm³/mol. The van der Waals surface area contributed by atoms with Crippen LogP contribution in [-0.4, -0.2) is 33.4 Å².